The first-order valence-electron chi connectivity index (χ1n) is 8.29. The van der Waals surface area contributed by atoms with Gasteiger partial charge in [-0.1, -0.05) is 30.3 Å². The van der Waals surface area contributed by atoms with Gasteiger partial charge in [-0.15, -0.1) is 11.8 Å². The van der Waals surface area contributed by atoms with E-state index in [2.05, 4.69) is 0 Å². The van der Waals surface area contributed by atoms with Gasteiger partial charge in [0.1, 0.15) is 11.6 Å². The van der Waals surface area contributed by atoms with Crippen LogP contribution in [0.1, 0.15) is 26.3 Å². The van der Waals surface area contributed by atoms with Crippen LogP contribution in [0.5, 0.6) is 0 Å². The van der Waals surface area contributed by atoms with Gasteiger partial charge in [-0.05, 0) is 26.3 Å². The van der Waals surface area contributed by atoms with Crippen molar-refractivity contribution in [3.05, 3.63) is 35.9 Å². The largest absolute Gasteiger partial charge is 0.480 e. The molecule has 1 saturated heterocycles. The molecule has 1 aromatic carbocycles. The van der Waals surface area contributed by atoms with E-state index in [1.165, 1.54) is 16.7 Å². The molecule has 2 unspecified atom stereocenters. The molecule has 26 heavy (non-hydrogen) atoms. The molecule has 1 aromatic rings. The van der Waals surface area contributed by atoms with Crippen LogP contribution in [-0.2, 0) is 25.5 Å². The van der Waals surface area contributed by atoms with Crippen LogP contribution in [0.25, 0.3) is 0 Å². The Bertz CT molecular complexity index is 674. The third kappa shape index (κ3) is 4.98. The Kier molecular flexibility index (Phi) is 6.30. The van der Waals surface area contributed by atoms with Crippen molar-refractivity contribution < 1.29 is 24.2 Å². The highest BCUT2D eigenvalue weighted by atomic mass is 32.2. The fraction of sp³-hybridized carbons (Fsp3) is 0.500. The van der Waals surface area contributed by atoms with Crippen molar-refractivity contribution in [2.24, 2.45) is 5.73 Å². The van der Waals surface area contributed by atoms with Gasteiger partial charge in [0.15, 0.2) is 6.04 Å². The van der Waals surface area contributed by atoms with E-state index in [9.17, 15) is 19.5 Å². The van der Waals surface area contributed by atoms with Crippen molar-refractivity contribution >= 4 is 29.6 Å². The summed E-state index contributed by atoms with van der Waals surface area (Å²) < 4.78 is 5.16. The van der Waals surface area contributed by atoms with Crippen LogP contribution in [-0.4, -0.2) is 56.7 Å². The lowest BCUT2D eigenvalue weighted by Gasteiger charge is -2.30. The summed E-state index contributed by atoms with van der Waals surface area (Å²) in [5.41, 5.74) is 5.98. The first kappa shape index (κ1) is 20.3. The summed E-state index contributed by atoms with van der Waals surface area (Å²) in [5, 5.41) is 9.06. The van der Waals surface area contributed by atoms with E-state index in [1.807, 2.05) is 30.3 Å². The Balaban J connectivity index is 2.20. The molecule has 0 radical (unpaired) electrons. The molecule has 3 N–H and O–H groups in total. The number of rotatable bonds is 5. The number of hydrogen-bond donors (Lipinski definition) is 2. The number of nitrogens with zero attached hydrogens (tertiary/aromatic N) is 1. The monoisotopic (exact) mass is 380 g/mol. The maximum absolute atomic E-state index is 12.8. The van der Waals surface area contributed by atoms with Crippen LogP contribution < -0.4 is 5.73 Å². The summed E-state index contributed by atoms with van der Waals surface area (Å²) in [6, 6.07) is 6.88. The second-order valence-corrected chi connectivity index (χ2v) is 8.30. The van der Waals surface area contributed by atoms with Crippen LogP contribution in [0.4, 0.5) is 0 Å². The van der Waals surface area contributed by atoms with Crippen molar-refractivity contribution in [2.75, 3.05) is 5.75 Å². The molecule has 0 saturated carbocycles. The molecule has 1 heterocycles. The molecule has 0 aliphatic carbocycles. The number of ether oxygens (including phenoxy) is 1. The number of benzene rings is 1. The van der Waals surface area contributed by atoms with Crippen molar-refractivity contribution in [3.8, 4) is 0 Å². The average molecular weight is 380 g/mol. The predicted octanol–water partition coefficient (Wildman–Crippen LogP) is 1.25. The number of amides is 1. The average Bonchev–Trinajstić information content (AvgIpc) is 2.96. The minimum Gasteiger partial charge on any atom is -0.480 e. The van der Waals surface area contributed by atoms with Crippen LogP contribution in [0, 0.1) is 0 Å². The van der Waals surface area contributed by atoms with Gasteiger partial charge in [0.05, 0.1) is 5.37 Å². The number of nitrogens with two attached hydrogens (primary N) is 1. The minimum absolute atomic E-state index is 0.250. The number of aliphatic carboxylic acids is 1. The highest BCUT2D eigenvalue weighted by Gasteiger charge is 2.45. The Morgan fingerprint density at radius 1 is 1.31 bits per heavy atom. The van der Waals surface area contributed by atoms with Crippen LogP contribution in [0.15, 0.2) is 30.3 Å². The van der Waals surface area contributed by atoms with Gasteiger partial charge in [0.25, 0.3) is 5.91 Å². The highest BCUT2D eigenvalue weighted by Crippen LogP contribution is 2.32. The van der Waals surface area contributed by atoms with Gasteiger partial charge in [-0.3, -0.25) is 4.79 Å². The van der Waals surface area contributed by atoms with Gasteiger partial charge < -0.3 is 20.5 Å². The lowest BCUT2D eigenvalue weighted by atomic mass is 10.1. The molecule has 0 aromatic heterocycles. The number of carboxylic acids is 1. The van der Waals surface area contributed by atoms with E-state index in [0.717, 1.165) is 5.56 Å². The van der Waals surface area contributed by atoms with Gasteiger partial charge >= 0.3 is 11.9 Å². The third-order valence-electron chi connectivity index (χ3n) is 3.81. The molecule has 142 valence electrons. The van der Waals surface area contributed by atoms with Crippen molar-refractivity contribution in [2.45, 2.75) is 50.3 Å². The van der Waals surface area contributed by atoms with Crippen LogP contribution in [0.2, 0.25) is 0 Å². The topological polar surface area (TPSA) is 110 Å². The van der Waals surface area contributed by atoms with Crippen LogP contribution in [0.3, 0.4) is 0 Å². The lowest BCUT2D eigenvalue weighted by Crippen LogP contribution is -2.55. The van der Waals surface area contributed by atoms with E-state index >= 15 is 0 Å². The van der Waals surface area contributed by atoms with E-state index in [-0.39, 0.29) is 5.75 Å². The zero-order valence-corrected chi connectivity index (χ0v) is 15.9. The van der Waals surface area contributed by atoms with Crippen molar-refractivity contribution in [1.29, 1.82) is 0 Å². The Labute approximate surface area is 156 Å². The number of carbonyl (C=O) groups is 3. The molecule has 3 atom stereocenters. The zero-order valence-electron chi connectivity index (χ0n) is 15.0. The van der Waals surface area contributed by atoms with Crippen molar-refractivity contribution in [3.63, 3.8) is 0 Å². The number of esters is 1. The number of carbonyl (C=O) groups excluding carboxylic acids is 2. The summed E-state index contributed by atoms with van der Waals surface area (Å²) >= 11 is 1.37. The molecular weight excluding hydrogens is 356 g/mol. The molecule has 1 amide bonds. The first-order chi connectivity index (χ1) is 12.1. The molecule has 1 fully saturated rings. The highest BCUT2D eigenvalue weighted by molar-refractivity contribution is 8.00. The molecule has 2 rings (SSSR count). The second-order valence-electron chi connectivity index (χ2n) is 7.09. The molecule has 1 aliphatic heterocycles. The summed E-state index contributed by atoms with van der Waals surface area (Å²) in [4.78, 5) is 37.7. The molecule has 0 spiro atoms. The minimum atomic E-state index is -1.55. The smallest absolute Gasteiger partial charge is 0.333 e. The number of thioether (sulfide) groups is 1. The third-order valence-corrected chi connectivity index (χ3v) is 5.10. The zero-order chi connectivity index (χ0) is 19.5. The maximum Gasteiger partial charge on any atom is 0.333 e. The molecule has 7 nitrogen and oxygen atoms in total. The second kappa shape index (κ2) is 8.09. The van der Waals surface area contributed by atoms with Gasteiger partial charge in [0, 0.05) is 12.2 Å². The molecule has 1 aliphatic rings. The van der Waals surface area contributed by atoms with Crippen LogP contribution >= 0.6 is 11.8 Å². The summed E-state index contributed by atoms with van der Waals surface area (Å²) in [6.07, 6.45) is 0.474. The quantitative estimate of drug-likeness (QED) is 0.584. The van der Waals surface area contributed by atoms with E-state index < -0.39 is 40.9 Å². The van der Waals surface area contributed by atoms with E-state index in [1.54, 1.807) is 20.8 Å². The predicted molar refractivity (Wildman–Crippen MR) is 98.5 cm³/mol. The SMILES string of the molecule is CC(C)(C)OC(=O)C(N)C(=O)N1C(Cc2ccccc2)SC[C@H]1C(=O)O. The molecule has 8 heteroatoms. The van der Waals surface area contributed by atoms with E-state index in [4.69, 9.17) is 10.5 Å². The Hall–Kier alpha value is -2.06. The van der Waals surface area contributed by atoms with Gasteiger partial charge in [0.2, 0.25) is 0 Å². The first-order valence-corrected chi connectivity index (χ1v) is 9.34. The fourth-order valence-electron chi connectivity index (χ4n) is 2.65. The standard InChI is InChI=1S/C18H24N2O5S/c1-18(2,3)25-17(24)14(19)15(21)20-12(16(22)23)10-26-13(20)9-11-7-5-4-6-8-11/h4-8,12-14H,9-10,19H2,1-3H3,(H,22,23)/t12-,13?,14?/m0/s1. The summed E-state index contributed by atoms with van der Waals surface area (Å²) in [7, 11) is 0. The normalized spacial score (nSPS) is 21.3. The van der Waals surface area contributed by atoms with Gasteiger partial charge in [-0.25, -0.2) is 9.59 Å². The maximum atomic E-state index is 12.8. The fourth-order valence-corrected chi connectivity index (χ4v) is 4.08. The number of hydrogen-bond acceptors (Lipinski definition) is 6. The number of carboxylic acid groups (broad SMARTS) is 1. The van der Waals surface area contributed by atoms with E-state index in [0.29, 0.717) is 6.42 Å². The summed E-state index contributed by atoms with van der Waals surface area (Å²) in [6.45, 7) is 5.02. The Morgan fingerprint density at radius 2 is 1.92 bits per heavy atom. The van der Waals surface area contributed by atoms with Gasteiger partial charge in [-0.2, -0.15) is 0 Å². The molecular formula is C18H24N2O5S. The lowest BCUT2D eigenvalue weighted by molar-refractivity contribution is -0.162. The summed E-state index contributed by atoms with van der Waals surface area (Å²) in [5.74, 6) is -2.45. The Morgan fingerprint density at radius 3 is 2.46 bits per heavy atom. The van der Waals surface area contributed by atoms with Crippen molar-refractivity contribution in [1.82, 2.24) is 4.90 Å². The molecule has 0 bridgehead atoms.